The molecule has 0 saturated carbocycles. The molecular formula is C15H17N3O3. The fourth-order valence-corrected chi connectivity index (χ4v) is 2.35. The molecule has 2 heterocycles. The van der Waals surface area contributed by atoms with Gasteiger partial charge in [-0.2, -0.15) is 4.98 Å². The molecule has 0 N–H and O–H groups in total. The van der Waals surface area contributed by atoms with Gasteiger partial charge in [-0.05, 0) is 24.6 Å². The summed E-state index contributed by atoms with van der Waals surface area (Å²) in [5.41, 5.74) is 0.984. The Balaban J connectivity index is 1.53. The summed E-state index contributed by atoms with van der Waals surface area (Å²) >= 11 is 0. The van der Waals surface area contributed by atoms with E-state index in [1.54, 1.807) is 14.0 Å². The van der Waals surface area contributed by atoms with Gasteiger partial charge in [-0.25, -0.2) is 0 Å². The third-order valence-corrected chi connectivity index (χ3v) is 3.64. The maximum absolute atomic E-state index is 12.2. The highest BCUT2D eigenvalue weighted by atomic mass is 16.5. The largest absolute Gasteiger partial charge is 0.497 e. The third-order valence-electron chi connectivity index (χ3n) is 3.64. The number of aryl methyl sites for hydroxylation is 1. The number of hydrogen-bond donors (Lipinski definition) is 0. The van der Waals surface area contributed by atoms with Gasteiger partial charge in [0.1, 0.15) is 5.75 Å². The summed E-state index contributed by atoms with van der Waals surface area (Å²) in [6.45, 7) is 3.09. The van der Waals surface area contributed by atoms with Gasteiger partial charge in [-0.15, -0.1) is 0 Å². The number of rotatable bonds is 4. The maximum Gasteiger partial charge on any atom is 0.233 e. The summed E-state index contributed by atoms with van der Waals surface area (Å²) in [6.07, 6.45) is 0.402. The topological polar surface area (TPSA) is 68.5 Å². The van der Waals surface area contributed by atoms with Crippen molar-refractivity contribution in [3.05, 3.63) is 41.5 Å². The molecule has 2 aromatic rings. The number of benzene rings is 1. The van der Waals surface area contributed by atoms with Crippen molar-refractivity contribution in [3.63, 3.8) is 0 Å². The third kappa shape index (κ3) is 2.89. The minimum Gasteiger partial charge on any atom is -0.497 e. The highest BCUT2D eigenvalue weighted by Crippen LogP contribution is 2.26. The SMILES string of the molecule is COc1ccc(CC(=O)N2CC(c3nc(C)no3)C2)cc1. The van der Waals surface area contributed by atoms with Crippen molar-refractivity contribution in [3.8, 4) is 5.75 Å². The second-order valence-electron chi connectivity index (χ2n) is 5.20. The monoisotopic (exact) mass is 287 g/mol. The Bertz CT molecular complexity index is 630. The first kappa shape index (κ1) is 13.6. The number of amides is 1. The van der Waals surface area contributed by atoms with Crippen molar-refractivity contribution < 1.29 is 14.1 Å². The highest BCUT2D eigenvalue weighted by Gasteiger charge is 2.35. The number of nitrogens with zero attached hydrogens (tertiary/aromatic N) is 3. The van der Waals surface area contributed by atoms with Crippen LogP contribution in [0.5, 0.6) is 5.75 Å². The van der Waals surface area contributed by atoms with Gasteiger partial charge in [0.25, 0.3) is 0 Å². The molecule has 1 aliphatic rings. The number of likely N-dealkylation sites (tertiary alicyclic amines) is 1. The van der Waals surface area contributed by atoms with Gasteiger partial charge in [0.05, 0.1) is 19.4 Å². The average molecular weight is 287 g/mol. The van der Waals surface area contributed by atoms with Crippen LogP contribution in [0.25, 0.3) is 0 Å². The van der Waals surface area contributed by atoms with E-state index in [2.05, 4.69) is 10.1 Å². The number of carbonyl (C=O) groups excluding carboxylic acids is 1. The highest BCUT2D eigenvalue weighted by molar-refractivity contribution is 5.79. The molecular weight excluding hydrogens is 270 g/mol. The Kier molecular flexibility index (Phi) is 3.60. The van der Waals surface area contributed by atoms with E-state index in [9.17, 15) is 4.79 Å². The number of aromatic nitrogens is 2. The van der Waals surface area contributed by atoms with E-state index in [0.29, 0.717) is 31.2 Å². The van der Waals surface area contributed by atoms with Crippen LogP contribution in [-0.4, -0.2) is 41.1 Å². The van der Waals surface area contributed by atoms with Crippen molar-refractivity contribution >= 4 is 5.91 Å². The molecule has 1 fully saturated rings. The van der Waals surface area contributed by atoms with Crippen LogP contribution in [0.3, 0.4) is 0 Å². The number of carbonyl (C=O) groups is 1. The Morgan fingerprint density at radius 1 is 1.38 bits per heavy atom. The fourth-order valence-electron chi connectivity index (χ4n) is 2.35. The van der Waals surface area contributed by atoms with E-state index >= 15 is 0 Å². The molecule has 1 aromatic carbocycles. The lowest BCUT2D eigenvalue weighted by molar-refractivity contribution is -0.135. The molecule has 1 saturated heterocycles. The Morgan fingerprint density at radius 3 is 2.67 bits per heavy atom. The molecule has 1 aromatic heterocycles. The molecule has 1 amide bonds. The summed E-state index contributed by atoms with van der Waals surface area (Å²) in [5.74, 6) is 2.34. The lowest BCUT2D eigenvalue weighted by Gasteiger charge is -2.37. The zero-order valence-corrected chi connectivity index (χ0v) is 12.1. The van der Waals surface area contributed by atoms with Crippen molar-refractivity contribution in [2.75, 3.05) is 20.2 Å². The van der Waals surface area contributed by atoms with Crippen molar-refractivity contribution in [1.29, 1.82) is 0 Å². The van der Waals surface area contributed by atoms with Crippen LogP contribution in [0.15, 0.2) is 28.8 Å². The van der Waals surface area contributed by atoms with E-state index < -0.39 is 0 Å². The molecule has 3 rings (SSSR count). The molecule has 1 aliphatic heterocycles. The molecule has 0 radical (unpaired) electrons. The van der Waals surface area contributed by atoms with E-state index in [0.717, 1.165) is 11.3 Å². The molecule has 21 heavy (non-hydrogen) atoms. The number of ether oxygens (including phenoxy) is 1. The first-order valence-electron chi connectivity index (χ1n) is 6.86. The van der Waals surface area contributed by atoms with Gasteiger partial charge in [-0.1, -0.05) is 17.3 Å². The molecule has 0 atom stereocenters. The molecule has 0 spiro atoms. The summed E-state index contributed by atoms with van der Waals surface area (Å²) in [7, 11) is 1.62. The van der Waals surface area contributed by atoms with Gasteiger partial charge in [0, 0.05) is 13.1 Å². The van der Waals surface area contributed by atoms with Gasteiger partial charge in [-0.3, -0.25) is 4.79 Å². The maximum atomic E-state index is 12.2. The molecule has 0 unspecified atom stereocenters. The minimum absolute atomic E-state index is 0.118. The molecule has 6 nitrogen and oxygen atoms in total. The van der Waals surface area contributed by atoms with Crippen molar-refractivity contribution in [1.82, 2.24) is 15.0 Å². The molecule has 0 aliphatic carbocycles. The second kappa shape index (κ2) is 5.55. The van der Waals surface area contributed by atoms with Crippen LogP contribution in [0.2, 0.25) is 0 Å². The molecule has 0 bridgehead atoms. The quantitative estimate of drug-likeness (QED) is 0.853. The predicted molar refractivity (Wildman–Crippen MR) is 75.1 cm³/mol. The lowest BCUT2D eigenvalue weighted by atomic mass is 9.99. The molecule has 6 heteroatoms. The lowest BCUT2D eigenvalue weighted by Crippen LogP contribution is -2.49. The van der Waals surface area contributed by atoms with Crippen LogP contribution >= 0.6 is 0 Å². The van der Waals surface area contributed by atoms with Gasteiger partial charge >= 0.3 is 0 Å². The summed E-state index contributed by atoms with van der Waals surface area (Å²) in [5, 5.41) is 3.77. The standard InChI is InChI=1S/C15H17N3O3/c1-10-16-15(21-17-10)12-8-18(9-12)14(19)7-11-3-5-13(20-2)6-4-11/h3-6,12H,7-9H2,1-2H3. The van der Waals surface area contributed by atoms with Crippen molar-refractivity contribution in [2.24, 2.45) is 0 Å². The summed E-state index contributed by atoms with van der Waals surface area (Å²) < 4.78 is 10.2. The van der Waals surface area contributed by atoms with Gasteiger partial charge in [0.15, 0.2) is 5.82 Å². The Labute approximate surface area is 122 Å². The van der Waals surface area contributed by atoms with Crippen LogP contribution < -0.4 is 4.74 Å². The fraction of sp³-hybridized carbons (Fsp3) is 0.400. The van der Waals surface area contributed by atoms with Crippen LogP contribution in [-0.2, 0) is 11.2 Å². The Hall–Kier alpha value is -2.37. The zero-order chi connectivity index (χ0) is 14.8. The van der Waals surface area contributed by atoms with E-state index in [-0.39, 0.29) is 11.8 Å². The van der Waals surface area contributed by atoms with Gasteiger partial charge in [0.2, 0.25) is 11.8 Å². The van der Waals surface area contributed by atoms with E-state index in [4.69, 9.17) is 9.26 Å². The molecule has 110 valence electrons. The average Bonchev–Trinajstić information content (AvgIpc) is 2.84. The summed E-state index contributed by atoms with van der Waals surface area (Å²) in [6, 6.07) is 7.55. The van der Waals surface area contributed by atoms with E-state index in [1.165, 1.54) is 0 Å². The first-order valence-corrected chi connectivity index (χ1v) is 6.86. The van der Waals surface area contributed by atoms with Crippen LogP contribution in [0, 0.1) is 6.92 Å². The predicted octanol–water partition coefficient (Wildman–Crippen LogP) is 1.56. The second-order valence-corrected chi connectivity index (χ2v) is 5.20. The van der Waals surface area contributed by atoms with E-state index in [1.807, 2.05) is 29.2 Å². The normalized spacial score (nSPS) is 14.9. The number of hydrogen-bond acceptors (Lipinski definition) is 5. The smallest absolute Gasteiger partial charge is 0.233 e. The minimum atomic E-state index is 0.118. The number of methoxy groups -OCH3 is 1. The van der Waals surface area contributed by atoms with Crippen LogP contribution in [0.1, 0.15) is 23.2 Å². The van der Waals surface area contributed by atoms with Crippen LogP contribution in [0.4, 0.5) is 0 Å². The summed E-state index contributed by atoms with van der Waals surface area (Å²) in [4.78, 5) is 18.2. The Morgan fingerprint density at radius 2 is 2.10 bits per heavy atom. The van der Waals surface area contributed by atoms with Gasteiger partial charge < -0.3 is 14.2 Å². The first-order chi connectivity index (χ1) is 10.2. The zero-order valence-electron chi connectivity index (χ0n) is 12.1. The van der Waals surface area contributed by atoms with Crippen molar-refractivity contribution in [2.45, 2.75) is 19.3 Å².